The van der Waals surface area contributed by atoms with Gasteiger partial charge in [0.05, 0.1) is 6.61 Å². The van der Waals surface area contributed by atoms with Gasteiger partial charge >= 0.3 is 6.01 Å². The first-order chi connectivity index (χ1) is 10.7. The zero-order chi connectivity index (χ0) is 15.4. The number of aryl methyl sites for hydroxylation is 2. The van der Waals surface area contributed by atoms with Crippen molar-refractivity contribution < 1.29 is 4.74 Å². The Bertz CT molecular complexity index is 616. The second kappa shape index (κ2) is 6.68. The Balaban J connectivity index is 1.57. The third kappa shape index (κ3) is 3.69. The molecule has 1 saturated heterocycles. The van der Waals surface area contributed by atoms with Crippen LogP contribution in [0.15, 0.2) is 24.7 Å². The number of hydrogen-bond acceptors (Lipinski definition) is 6. The number of anilines is 1. The van der Waals surface area contributed by atoms with E-state index in [0.717, 1.165) is 43.1 Å². The highest BCUT2D eigenvalue weighted by Crippen LogP contribution is 2.21. The van der Waals surface area contributed by atoms with Crippen molar-refractivity contribution in [2.24, 2.45) is 5.92 Å². The summed E-state index contributed by atoms with van der Waals surface area (Å²) in [6, 6.07) is 2.37. The molecule has 0 spiro atoms. The van der Waals surface area contributed by atoms with Crippen LogP contribution in [0.2, 0.25) is 0 Å². The van der Waals surface area contributed by atoms with Crippen LogP contribution >= 0.6 is 0 Å². The van der Waals surface area contributed by atoms with Crippen molar-refractivity contribution in [3.8, 4) is 6.01 Å². The van der Waals surface area contributed by atoms with Crippen molar-refractivity contribution in [1.82, 2.24) is 19.9 Å². The van der Waals surface area contributed by atoms with Crippen molar-refractivity contribution in [2.75, 3.05) is 24.6 Å². The summed E-state index contributed by atoms with van der Waals surface area (Å²) in [5, 5.41) is 0. The molecule has 0 aliphatic carbocycles. The lowest BCUT2D eigenvalue weighted by Crippen LogP contribution is -2.38. The van der Waals surface area contributed by atoms with E-state index in [4.69, 9.17) is 4.74 Å². The topological polar surface area (TPSA) is 64.0 Å². The summed E-state index contributed by atoms with van der Waals surface area (Å²) in [6.45, 7) is 6.50. The van der Waals surface area contributed by atoms with E-state index in [0.29, 0.717) is 18.5 Å². The molecular weight excluding hydrogens is 278 g/mol. The fourth-order valence-electron chi connectivity index (χ4n) is 2.62. The normalized spacial score (nSPS) is 18.3. The van der Waals surface area contributed by atoms with Gasteiger partial charge in [0.1, 0.15) is 0 Å². The van der Waals surface area contributed by atoms with Gasteiger partial charge in [-0.15, -0.1) is 0 Å². The Labute approximate surface area is 130 Å². The molecule has 1 atom stereocenters. The minimum Gasteiger partial charge on any atom is -0.463 e. The molecular formula is C16H21N5O. The predicted molar refractivity (Wildman–Crippen MR) is 84.0 cm³/mol. The van der Waals surface area contributed by atoms with Crippen LogP contribution in [0.1, 0.15) is 24.1 Å². The molecule has 22 heavy (non-hydrogen) atoms. The molecule has 6 nitrogen and oxygen atoms in total. The Kier molecular flexibility index (Phi) is 4.46. The van der Waals surface area contributed by atoms with E-state index in [2.05, 4.69) is 24.8 Å². The molecule has 0 aromatic carbocycles. The predicted octanol–water partition coefficient (Wildman–Crippen LogP) is 2.18. The van der Waals surface area contributed by atoms with Gasteiger partial charge in [0, 0.05) is 43.3 Å². The van der Waals surface area contributed by atoms with Crippen LogP contribution in [0.25, 0.3) is 0 Å². The maximum absolute atomic E-state index is 5.72. The van der Waals surface area contributed by atoms with E-state index in [1.165, 1.54) is 0 Å². The highest BCUT2D eigenvalue weighted by Gasteiger charge is 2.22. The molecule has 2 aromatic rings. The lowest BCUT2D eigenvalue weighted by atomic mass is 9.99. The van der Waals surface area contributed by atoms with Crippen molar-refractivity contribution in [2.45, 2.75) is 26.7 Å². The Morgan fingerprint density at radius 3 is 2.82 bits per heavy atom. The molecule has 116 valence electrons. The van der Waals surface area contributed by atoms with E-state index in [9.17, 15) is 0 Å². The fourth-order valence-corrected chi connectivity index (χ4v) is 2.62. The molecule has 3 rings (SSSR count). The summed E-state index contributed by atoms with van der Waals surface area (Å²) in [5.41, 5.74) is 2.03. The van der Waals surface area contributed by atoms with E-state index in [1.54, 1.807) is 12.4 Å². The van der Waals surface area contributed by atoms with E-state index in [-0.39, 0.29) is 0 Å². The molecule has 0 saturated carbocycles. The van der Waals surface area contributed by atoms with Gasteiger partial charge in [-0.25, -0.2) is 19.9 Å². The average molecular weight is 299 g/mol. The van der Waals surface area contributed by atoms with E-state index < -0.39 is 0 Å². The van der Waals surface area contributed by atoms with Crippen LogP contribution in [0, 0.1) is 19.8 Å². The van der Waals surface area contributed by atoms with Crippen LogP contribution in [-0.2, 0) is 0 Å². The number of piperidine rings is 1. The number of ether oxygens (including phenoxy) is 1. The third-order valence-corrected chi connectivity index (χ3v) is 3.79. The van der Waals surface area contributed by atoms with Gasteiger partial charge in [0.2, 0.25) is 5.95 Å². The minimum atomic E-state index is 0.447. The molecule has 3 heterocycles. The zero-order valence-electron chi connectivity index (χ0n) is 13.1. The highest BCUT2D eigenvalue weighted by molar-refractivity contribution is 5.30. The number of aromatic nitrogens is 4. The van der Waals surface area contributed by atoms with Gasteiger partial charge in [-0.3, -0.25) is 0 Å². The van der Waals surface area contributed by atoms with Gasteiger partial charge in [0.15, 0.2) is 0 Å². The van der Waals surface area contributed by atoms with Gasteiger partial charge in [-0.2, -0.15) is 0 Å². The highest BCUT2D eigenvalue weighted by atomic mass is 16.5. The Morgan fingerprint density at radius 1 is 1.23 bits per heavy atom. The quantitative estimate of drug-likeness (QED) is 0.862. The van der Waals surface area contributed by atoms with Gasteiger partial charge in [-0.1, -0.05) is 0 Å². The summed E-state index contributed by atoms with van der Waals surface area (Å²) in [5.74, 6) is 1.26. The molecule has 2 aromatic heterocycles. The van der Waals surface area contributed by atoms with E-state index in [1.807, 2.05) is 26.1 Å². The zero-order valence-corrected chi connectivity index (χ0v) is 13.1. The van der Waals surface area contributed by atoms with E-state index >= 15 is 0 Å². The first-order valence-electron chi connectivity index (χ1n) is 7.67. The molecule has 1 aliphatic heterocycles. The largest absolute Gasteiger partial charge is 0.463 e. The summed E-state index contributed by atoms with van der Waals surface area (Å²) < 4.78 is 5.72. The summed E-state index contributed by atoms with van der Waals surface area (Å²) >= 11 is 0. The van der Waals surface area contributed by atoms with Crippen LogP contribution in [0.5, 0.6) is 6.01 Å². The first-order valence-corrected chi connectivity index (χ1v) is 7.67. The van der Waals surface area contributed by atoms with Gasteiger partial charge < -0.3 is 9.64 Å². The molecule has 1 fully saturated rings. The second-order valence-electron chi connectivity index (χ2n) is 5.81. The van der Waals surface area contributed by atoms with Crippen molar-refractivity contribution in [1.29, 1.82) is 0 Å². The summed E-state index contributed by atoms with van der Waals surface area (Å²) in [4.78, 5) is 19.5. The molecule has 0 bridgehead atoms. The fraction of sp³-hybridized carbons (Fsp3) is 0.500. The average Bonchev–Trinajstić information content (AvgIpc) is 2.55. The molecule has 1 unspecified atom stereocenters. The standard InChI is InChI=1S/C16H21N5O/c1-12-8-18-16(19-9-12)22-11-14-4-3-7-21(10-14)15-17-6-5-13(2)20-15/h5-6,8-9,14H,3-4,7,10-11H2,1-2H3. The van der Waals surface area contributed by atoms with Crippen molar-refractivity contribution in [3.63, 3.8) is 0 Å². The van der Waals surface area contributed by atoms with Crippen LogP contribution in [0.4, 0.5) is 5.95 Å². The maximum Gasteiger partial charge on any atom is 0.316 e. The molecule has 0 N–H and O–H groups in total. The molecule has 1 aliphatic rings. The molecule has 0 amide bonds. The number of rotatable bonds is 4. The van der Waals surface area contributed by atoms with Gasteiger partial charge in [0.25, 0.3) is 0 Å². The maximum atomic E-state index is 5.72. The SMILES string of the molecule is Cc1cnc(OCC2CCCN(c3nccc(C)n3)C2)nc1. The van der Waals surface area contributed by atoms with Gasteiger partial charge in [-0.05, 0) is 38.3 Å². The lowest BCUT2D eigenvalue weighted by molar-refractivity contribution is 0.213. The monoisotopic (exact) mass is 299 g/mol. The number of nitrogens with zero attached hydrogens (tertiary/aromatic N) is 5. The summed E-state index contributed by atoms with van der Waals surface area (Å²) in [7, 11) is 0. The molecule has 6 heteroatoms. The van der Waals surface area contributed by atoms with Crippen molar-refractivity contribution in [3.05, 3.63) is 35.9 Å². The van der Waals surface area contributed by atoms with Crippen molar-refractivity contribution >= 4 is 5.95 Å². The third-order valence-electron chi connectivity index (χ3n) is 3.79. The minimum absolute atomic E-state index is 0.447. The Morgan fingerprint density at radius 2 is 2.05 bits per heavy atom. The summed E-state index contributed by atoms with van der Waals surface area (Å²) in [6.07, 6.45) is 7.64. The van der Waals surface area contributed by atoms with Crippen LogP contribution < -0.4 is 9.64 Å². The van der Waals surface area contributed by atoms with Crippen LogP contribution in [-0.4, -0.2) is 39.6 Å². The smallest absolute Gasteiger partial charge is 0.316 e. The first kappa shape index (κ1) is 14.7. The van der Waals surface area contributed by atoms with Crippen LogP contribution in [0.3, 0.4) is 0 Å². The Hall–Kier alpha value is -2.24. The second-order valence-corrected chi connectivity index (χ2v) is 5.81. The molecule has 0 radical (unpaired) electrons. The number of hydrogen-bond donors (Lipinski definition) is 0. The lowest BCUT2D eigenvalue weighted by Gasteiger charge is -2.32.